The van der Waals surface area contributed by atoms with Gasteiger partial charge in [0.25, 0.3) is 0 Å². The second kappa shape index (κ2) is 7.30. The van der Waals surface area contributed by atoms with E-state index in [1.54, 1.807) is 11.0 Å². The van der Waals surface area contributed by atoms with Crippen LogP contribution in [0, 0.1) is 5.82 Å². The van der Waals surface area contributed by atoms with Gasteiger partial charge in [-0.15, -0.1) is 0 Å². The Hall–Kier alpha value is -1.95. The zero-order chi connectivity index (χ0) is 17.0. The molecule has 2 fully saturated rings. The zero-order valence-corrected chi connectivity index (χ0v) is 13.7. The van der Waals surface area contributed by atoms with Gasteiger partial charge in [0.2, 0.25) is 11.8 Å². The number of ether oxygens (including phenoxy) is 1. The van der Waals surface area contributed by atoms with Gasteiger partial charge in [-0.2, -0.15) is 0 Å². The topological polar surface area (TPSA) is 58.6 Å². The maximum absolute atomic E-state index is 13.7. The molecule has 2 amide bonds. The van der Waals surface area contributed by atoms with Crippen LogP contribution < -0.4 is 5.32 Å². The van der Waals surface area contributed by atoms with Crippen LogP contribution in [-0.4, -0.2) is 43.0 Å². The average molecular weight is 334 g/mol. The van der Waals surface area contributed by atoms with Crippen LogP contribution in [0.3, 0.4) is 0 Å². The van der Waals surface area contributed by atoms with Crippen LogP contribution in [0.2, 0.25) is 0 Å². The molecule has 24 heavy (non-hydrogen) atoms. The van der Waals surface area contributed by atoms with E-state index >= 15 is 0 Å². The summed E-state index contributed by atoms with van der Waals surface area (Å²) in [7, 11) is 0. The molecule has 3 rings (SSSR count). The standard InChI is InChI=1S/C18H23FN2O3/c19-15-5-3-4-14(12-15)18(7-10-24-11-8-18)20-16(22)13-21-9-2-1-6-17(21)23/h3-5,12H,1-2,6-11,13H2,(H,20,22). The van der Waals surface area contributed by atoms with E-state index in [4.69, 9.17) is 4.74 Å². The van der Waals surface area contributed by atoms with E-state index in [9.17, 15) is 14.0 Å². The first-order valence-corrected chi connectivity index (χ1v) is 8.52. The third-order valence-corrected chi connectivity index (χ3v) is 4.86. The number of hydrogen-bond acceptors (Lipinski definition) is 3. The number of nitrogens with zero attached hydrogens (tertiary/aromatic N) is 1. The van der Waals surface area contributed by atoms with Crippen molar-refractivity contribution in [2.45, 2.75) is 37.6 Å². The Bertz CT molecular complexity index is 614. The highest BCUT2D eigenvalue weighted by Crippen LogP contribution is 2.32. The maximum Gasteiger partial charge on any atom is 0.240 e. The minimum Gasteiger partial charge on any atom is -0.381 e. The number of benzene rings is 1. The molecule has 1 aromatic rings. The molecule has 5 nitrogen and oxygen atoms in total. The van der Waals surface area contributed by atoms with Crippen LogP contribution in [0.1, 0.15) is 37.7 Å². The molecule has 0 radical (unpaired) electrons. The van der Waals surface area contributed by atoms with Crippen molar-refractivity contribution in [3.63, 3.8) is 0 Å². The van der Waals surface area contributed by atoms with Gasteiger partial charge in [-0.3, -0.25) is 9.59 Å². The number of rotatable bonds is 4. The summed E-state index contributed by atoms with van der Waals surface area (Å²) >= 11 is 0. The Morgan fingerprint density at radius 2 is 2.08 bits per heavy atom. The third-order valence-electron chi connectivity index (χ3n) is 4.86. The van der Waals surface area contributed by atoms with E-state index in [1.165, 1.54) is 12.1 Å². The second-order valence-electron chi connectivity index (χ2n) is 6.53. The van der Waals surface area contributed by atoms with E-state index in [0.717, 1.165) is 18.4 Å². The number of piperidine rings is 1. The van der Waals surface area contributed by atoms with Gasteiger partial charge in [-0.25, -0.2) is 4.39 Å². The van der Waals surface area contributed by atoms with Gasteiger partial charge < -0.3 is 15.0 Å². The van der Waals surface area contributed by atoms with Crippen LogP contribution in [0.5, 0.6) is 0 Å². The molecule has 0 aromatic heterocycles. The van der Waals surface area contributed by atoms with E-state index in [0.29, 0.717) is 39.0 Å². The lowest BCUT2D eigenvalue weighted by molar-refractivity contribution is -0.138. The predicted molar refractivity (Wildman–Crippen MR) is 86.7 cm³/mol. The van der Waals surface area contributed by atoms with E-state index < -0.39 is 5.54 Å². The molecule has 0 saturated carbocycles. The fourth-order valence-corrected chi connectivity index (χ4v) is 3.50. The molecule has 0 spiro atoms. The molecule has 2 aliphatic heterocycles. The smallest absolute Gasteiger partial charge is 0.240 e. The molecule has 2 heterocycles. The van der Waals surface area contributed by atoms with Crippen LogP contribution >= 0.6 is 0 Å². The molecule has 0 aliphatic carbocycles. The largest absolute Gasteiger partial charge is 0.381 e. The quantitative estimate of drug-likeness (QED) is 0.916. The minimum atomic E-state index is -0.629. The summed E-state index contributed by atoms with van der Waals surface area (Å²) in [4.78, 5) is 26.1. The first-order chi connectivity index (χ1) is 11.6. The van der Waals surface area contributed by atoms with Crippen molar-refractivity contribution in [1.82, 2.24) is 10.2 Å². The van der Waals surface area contributed by atoms with E-state index in [2.05, 4.69) is 5.32 Å². The van der Waals surface area contributed by atoms with Gasteiger partial charge in [0.1, 0.15) is 5.82 Å². The van der Waals surface area contributed by atoms with Crippen molar-refractivity contribution in [2.75, 3.05) is 26.3 Å². The van der Waals surface area contributed by atoms with Crippen LogP contribution in [-0.2, 0) is 19.9 Å². The number of likely N-dealkylation sites (tertiary alicyclic amines) is 1. The molecular weight excluding hydrogens is 311 g/mol. The number of hydrogen-bond donors (Lipinski definition) is 1. The predicted octanol–water partition coefficient (Wildman–Crippen LogP) is 1.96. The van der Waals surface area contributed by atoms with E-state index in [-0.39, 0.29) is 24.2 Å². The zero-order valence-electron chi connectivity index (χ0n) is 13.7. The lowest BCUT2D eigenvalue weighted by Crippen LogP contribution is -2.53. The molecule has 0 atom stereocenters. The lowest BCUT2D eigenvalue weighted by Gasteiger charge is -2.39. The van der Waals surface area contributed by atoms with Gasteiger partial charge in [0.05, 0.1) is 12.1 Å². The Labute approximate surface area is 141 Å². The van der Waals surface area contributed by atoms with E-state index in [1.807, 2.05) is 6.07 Å². The molecule has 2 saturated heterocycles. The average Bonchev–Trinajstić information content (AvgIpc) is 2.58. The molecule has 6 heteroatoms. The SMILES string of the molecule is O=C(CN1CCCCC1=O)NC1(c2cccc(F)c2)CCOCC1. The molecule has 2 aliphatic rings. The first-order valence-electron chi connectivity index (χ1n) is 8.52. The van der Waals surface area contributed by atoms with Gasteiger partial charge in [-0.1, -0.05) is 12.1 Å². The number of nitrogens with one attached hydrogen (secondary N) is 1. The van der Waals surface area contributed by atoms with Crippen LogP contribution in [0.15, 0.2) is 24.3 Å². The van der Waals surface area contributed by atoms with Crippen molar-refractivity contribution in [3.8, 4) is 0 Å². The summed E-state index contributed by atoms with van der Waals surface area (Å²) in [5.41, 5.74) is 0.125. The van der Waals surface area contributed by atoms with Crippen molar-refractivity contribution >= 4 is 11.8 Å². The first kappa shape index (κ1) is 16.9. The maximum atomic E-state index is 13.7. The fourth-order valence-electron chi connectivity index (χ4n) is 3.50. The Morgan fingerprint density at radius 1 is 1.29 bits per heavy atom. The molecule has 1 aromatic carbocycles. The van der Waals surface area contributed by atoms with Crippen molar-refractivity contribution in [2.24, 2.45) is 0 Å². The summed E-state index contributed by atoms with van der Waals surface area (Å²) in [6.45, 7) is 1.72. The summed E-state index contributed by atoms with van der Waals surface area (Å²) < 4.78 is 19.1. The summed E-state index contributed by atoms with van der Waals surface area (Å²) in [5.74, 6) is -0.488. The second-order valence-corrected chi connectivity index (χ2v) is 6.53. The number of carbonyl (C=O) groups excluding carboxylic acids is 2. The molecule has 0 unspecified atom stereocenters. The number of amides is 2. The normalized spacial score (nSPS) is 20.7. The van der Waals surface area contributed by atoms with Crippen molar-refractivity contribution in [3.05, 3.63) is 35.6 Å². The summed E-state index contributed by atoms with van der Waals surface area (Å²) in [6.07, 6.45) is 3.52. The van der Waals surface area contributed by atoms with Gasteiger partial charge in [0.15, 0.2) is 0 Å². The highest BCUT2D eigenvalue weighted by atomic mass is 19.1. The monoisotopic (exact) mass is 334 g/mol. The molecule has 1 N–H and O–H groups in total. The highest BCUT2D eigenvalue weighted by Gasteiger charge is 2.36. The Balaban J connectivity index is 1.74. The highest BCUT2D eigenvalue weighted by molar-refractivity contribution is 5.85. The van der Waals surface area contributed by atoms with Crippen LogP contribution in [0.25, 0.3) is 0 Å². The van der Waals surface area contributed by atoms with Crippen molar-refractivity contribution < 1.29 is 18.7 Å². The third kappa shape index (κ3) is 3.75. The molecular formula is C18H23FN2O3. The van der Waals surface area contributed by atoms with Crippen molar-refractivity contribution in [1.29, 1.82) is 0 Å². The number of halogens is 1. The van der Waals surface area contributed by atoms with Gasteiger partial charge >= 0.3 is 0 Å². The number of carbonyl (C=O) groups is 2. The van der Waals surface area contributed by atoms with Crippen LogP contribution in [0.4, 0.5) is 4.39 Å². The molecule has 130 valence electrons. The minimum absolute atomic E-state index is 0.0307. The lowest BCUT2D eigenvalue weighted by atomic mass is 9.82. The molecule has 0 bridgehead atoms. The fraction of sp³-hybridized carbons (Fsp3) is 0.556. The Morgan fingerprint density at radius 3 is 2.79 bits per heavy atom. The Kier molecular flexibility index (Phi) is 5.14. The van der Waals surface area contributed by atoms with Gasteiger partial charge in [0, 0.05) is 26.2 Å². The van der Waals surface area contributed by atoms with Gasteiger partial charge in [-0.05, 0) is 43.4 Å². The summed E-state index contributed by atoms with van der Waals surface area (Å²) in [6, 6.07) is 6.35. The summed E-state index contributed by atoms with van der Waals surface area (Å²) in [5, 5.41) is 3.06.